The van der Waals surface area contributed by atoms with E-state index in [2.05, 4.69) is 9.97 Å². The number of carboxylic acids is 1. The highest BCUT2D eigenvalue weighted by Gasteiger charge is 2.19. The molecule has 0 aliphatic rings. The number of nitrogens with zero attached hydrogens (tertiary/aromatic N) is 1. The van der Waals surface area contributed by atoms with Crippen LogP contribution in [0.4, 0.5) is 0 Å². The highest BCUT2D eigenvalue weighted by Crippen LogP contribution is 2.34. The van der Waals surface area contributed by atoms with Gasteiger partial charge in [0.2, 0.25) is 0 Å². The summed E-state index contributed by atoms with van der Waals surface area (Å²) in [6.07, 6.45) is 0. The van der Waals surface area contributed by atoms with E-state index >= 15 is 0 Å². The number of benzene rings is 1. The first-order valence-electron chi connectivity index (χ1n) is 7.79. The molecular formula is C19H16N2O3. The van der Waals surface area contributed by atoms with Gasteiger partial charge in [-0.05, 0) is 24.3 Å². The second-order valence-corrected chi connectivity index (χ2v) is 6.11. The van der Waals surface area contributed by atoms with E-state index in [9.17, 15) is 9.90 Å². The second kappa shape index (κ2) is 5.23. The quantitative estimate of drug-likeness (QED) is 0.568. The summed E-state index contributed by atoms with van der Waals surface area (Å²) >= 11 is 0. The minimum atomic E-state index is -1.06. The lowest BCUT2D eigenvalue weighted by Crippen LogP contribution is -2.01. The summed E-state index contributed by atoms with van der Waals surface area (Å²) < 4.78 is 5.89. The van der Waals surface area contributed by atoms with Crippen molar-refractivity contribution in [2.45, 2.75) is 19.8 Å². The molecule has 0 atom stereocenters. The van der Waals surface area contributed by atoms with Crippen molar-refractivity contribution in [1.82, 2.24) is 9.97 Å². The van der Waals surface area contributed by atoms with E-state index in [1.807, 2.05) is 50.2 Å². The first-order valence-corrected chi connectivity index (χ1v) is 7.79. The molecule has 0 unspecified atom stereocenters. The third-order valence-electron chi connectivity index (χ3n) is 4.14. The average molecular weight is 320 g/mol. The fourth-order valence-corrected chi connectivity index (χ4v) is 2.92. The van der Waals surface area contributed by atoms with Crippen LogP contribution in [0, 0.1) is 0 Å². The molecular weight excluding hydrogens is 304 g/mol. The molecule has 0 saturated heterocycles. The number of carbonyl (C=O) groups is 1. The summed E-state index contributed by atoms with van der Waals surface area (Å²) in [5.74, 6) is 0.605. The van der Waals surface area contributed by atoms with Gasteiger partial charge in [0.1, 0.15) is 17.1 Å². The number of aromatic amines is 1. The van der Waals surface area contributed by atoms with Crippen molar-refractivity contribution in [2.24, 2.45) is 0 Å². The molecule has 3 aromatic heterocycles. The van der Waals surface area contributed by atoms with Crippen molar-refractivity contribution in [1.29, 1.82) is 0 Å². The van der Waals surface area contributed by atoms with Crippen LogP contribution in [0.2, 0.25) is 0 Å². The Kier molecular flexibility index (Phi) is 3.16. The number of para-hydroxylation sites is 1. The molecule has 1 aromatic carbocycles. The van der Waals surface area contributed by atoms with Crippen molar-refractivity contribution in [3.8, 4) is 11.5 Å². The number of hydrogen-bond donors (Lipinski definition) is 2. The van der Waals surface area contributed by atoms with Crippen molar-refractivity contribution >= 4 is 27.8 Å². The molecule has 3 heterocycles. The van der Waals surface area contributed by atoms with Crippen LogP contribution in [-0.4, -0.2) is 21.0 Å². The molecule has 0 aliphatic carbocycles. The molecule has 2 N–H and O–H groups in total. The van der Waals surface area contributed by atoms with Gasteiger partial charge in [-0.2, -0.15) is 0 Å². The number of aromatic carboxylic acids is 1. The molecule has 4 aromatic rings. The number of pyridine rings is 1. The van der Waals surface area contributed by atoms with Gasteiger partial charge < -0.3 is 14.5 Å². The summed E-state index contributed by atoms with van der Waals surface area (Å²) in [6.45, 7) is 4.09. The van der Waals surface area contributed by atoms with Crippen LogP contribution < -0.4 is 0 Å². The van der Waals surface area contributed by atoms with E-state index in [0.717, 1.165) is 27.6 Å². The Balaban J connectivity index is 2.06. The monoisotopic (exact) mass is 320 g/mol. The predicted octanol–water partition coefficient (Wildman–Crippen LogP) is 4.80. The predicted molar refractivity (Wildman–Crippen MR) is 92.4 cm³/mol. The Hall–Kier alpha value is -3.08. The molecule has 0 saturated carbocycles. The molecule has 4 rings (SSSR count). The van der Waals surface area contributed by atoms with Gasteiger partial charge >= 0.3 is 5.97 Å². The molecule has 0 radical (unpaired) electrons. The van der Waals surface area contributed by atoms with Crippen molar-refractivity contribution in [2.75, 3.05) is 0 Å². The molecule has 24 heavy (non-hydrogen) atoms. The molecule has 0 bridgehead atoms. The Morgan fingerprint density at radius 2 is 1.96 bits per heavy atom. The zero-order valence-electron chi connectivity index (χ0n) is 13.3. The minimum Gasteiger partial charge on any atom is -0.477 e. The number of aromatic nitrogens is 2. The van der Waals surface area contributed by atoms with E-state index in [-0.39, 0.29) is 11.6 Å². The van der Waals surface area contributed by atoms with E-state index in [4.69, 9.17) is 4.42 Å². The zero-order chi connectivity index (χ0) is 16.8. The van der Waals surface area contributed by atoms with E-state index in [0.29, 0.717) is 11.5 Å². The van der Waals surface area contributed by atoms with Gasteiger partial charge in [-0.1, -0.05) is 32.0 Å². The van der Waals surface area contributed by atoms with Gasteiger partial charge in [0.05, 0.1) is 5.52 Å². The summed E-state index contributed by atoms with van der Waals surface area (Å²) in [4.78, 5) is 19.1. The normalized spacial score (nSPS) is 11.6. The van der Waals surface area contributed by atoms with Crippen LogP contribution in [0.15, 0.2) is 46.9 Å². The minimum absolute atomic E-state index is 0.00440. The summed E-state index contributed by atoms with van der Waals surface area (Å²) in [5, 5.41) is 11.2. The van der Waals surface area contributed by atoms with Crippen molar-refractivity contribution < 1.29 is 14.3 Å². The number of H-pyrrole nitrogens is 1. The third kappa shape index (κ3) is 2.17. The first-order chi connectivity index (χ1) is 11.5. The SMILES string of the molecule is CC(C)c1ccc(-c2nc(C(=O)O)cc3c2[nH]c2ccccc23)o1. The van der Waals surface area contributed by atoms with Crippen LogP contribution in [-0.2, 0) is 0 Å². The fourth-order valence-electron chi connectivity index (χ4n) is 2.92. The van der Waals surface area contributed by atoms with Crippen LogP contribution >= 0.6 is 0 Å². The number of furan rings is 1. The van der Waals surface area contributed by atoms with Gasteiger partial charge in [0.25, 0.3) is 0 Å². The Labute approximate surface area is 137 Å². The van der Waals surface area contributed by atoms with E-state index < -0.39 is 5.97 Å². The van der Waals surface area contributed by atoms with E-state index in [1.54, 1.807) is 6.07 Å². The summed E-state index contributed by atoms with van der Waals surface area (Å²) in [7, 11) is 0. The molecule has 120 valence electrons. The lowest BCUT2D eigenvalue weighted by atomic mass is 10.1. The molecule has 5 nitrogen and oxygen atoms in total. The molecule has 0 fully saturated rings. The topological polar surface area (TPSA) is 79.1 Å². The van der Waals surface area contributed by atoms with Crippen LogP contribution in [0.3, 0.4) is 0 Å². The van der Waals surface area contributed by atoms with Crippen molar-refractivity contribution in [3.63, 3.8) is 0 Å². The largest absolute Gasteiger partial charge is 0.477 e. The van der Waals surface area contributed by atoms with Gasteiger partial charge in [-0.25, -0.2) is 9.78 Å². The fraction of sp³-hybridized carbons (Fsp3) is 0.158. The number of rotatable bonds is 3. The van der Waals surface area contributed by atoms with Gasteiger partial charge in [-0.3, -0.25) is 0 Å². The Bertz CT molecular complexity index is 1070. The van der Waals surface area contributed by atoms with Gasteiger partial charge in [0, 0.05) is 22.2 Å². The Morgan fingerprint density at radius 1 is 1.17 bits per heavy atom. The molecule has 0 aliphatic heterocycles. The molecule has 0 spiro atoms. The Morgan fingerprint density at radius 3 is 2.67 bits per heavy atom. The highest BCUT2D eigenvalue weighted by molar-refractivity contribution is 6.12. The third-order valence-corrected chi connectivity index (χ3v) is 4.14. The first kappa shape index (κ1) is 14.5. The van der Waals surface area contributed by atoms with Crippen LogP contribution in [0.5, 0.6) is 0 Å². The number of fused-ring (bicyclic) bond motifs is 3. The maximum atomic E-state index is 11.5. The van der Waals surface area contributed by atoms with Crippen LogP contribution in [0.25, 0.3) is 33.3 Å². The number of carboxylic acid groups (broad SMARTS) is 1. The highest BCUT2D eigenvalue weighted by atomic mass is 16.4. The van der Waals surface area contributed by atoms with Gasteiger partial charge in [-0.15, -0.1) is 0 Å². The lowest BCUT2D eigenvalue weighted by Gasteiger charge is -2.03. The zero-order valence-corrected chi connectivity index (χ0v) is 13.3. The standard InChI is InChI=1S/C19H16N2O3/c1-10(2)15-7-8-16(24-15)18-17-12(9-14(21-18)19(22)23)11-5-3-4-6-13(11)20-17/h3-10,20H,1-2H3,(H,22,23). The smallest absolute Gasteiger partial charge is 0.354 e. The second-order valence-electron chi connectivity index (χ2n) is 6.11. The molecule has 5 heteroatoms. The lowest BCUT2D eigenvalue weighted by molar-refractivity contribution is 0.0691. The summed E-state index contributed by atoms with van der Waals surface area (Å²) in [5.41, 5.74) is 2.25. The van der Waals surface area contributed by atoms with E-state index in [1.165, 1.54) is 0 Å². The molecule has 0 amide bonds. The van der Waals surface area contributed by atoms with Crippen molar-refractivity contribution in [3.05, 3.63) is 53.9 Å². The maximum absolute atomic E-state index is 11.5. The van der Waals surface area contributed by atoms with Gasteiger partial charge in [0.15, 0.2) is 5.76 Å². The number of nitrogens with one attached hydrogen (secondary N) is 1. The maximum Gasteiger partial charge on any atom is 0.354 e. The summed E-state index contributed by atoms with van der Waals surface area (Å²) in [6, 6.07) is 13.1. The number of hydrogen-bond acceptors (Lipinski definition) is 3. The average Bonchev–Trinajstić information content (AvgIpc) is 3.18. The van der Waals surface area contributed by atoms with Crippen LogP contribution in [0.1, 0.15) is 36.0 Å².